The number of hydrogen-bond acceptors (Lipinski definition) is 4. The summed E-state index contributed by atoms with van der Waals surface area (Å²) in [6, 6.07) is 11.0. The van der Waals surface area contributed by atoms with Gasteiger partial charge in [-0.15, -0.1) is 0 Å². The number of carbonyl (C=O) groups excluding carboxylic acids is 1. The van der Waals surface area contributed by atoms with Crippen LogP contribution in [0.1, 0.15) is 27.9 Å². The van der Waals surface area contributed by atoms with Crippen LogP contribution in [0.2, 0.25) is 0 Å². The lowest BCUT2D eigenvalue weighted by molar-refractivity contribution is 0.0777. The molecule has 0 radical (unpaired) electrons. The molecule has 0 bridgehead atoms. The van der Waals surface area contributed by atoms with Crippen molar-refractivity contribution in [3.63, 3.8) is 0 Å². The zero-order chi connectivity index (χ0) is 16.0. The molecule has 3 heterocycles. The summed E-state index contributed by atoms with van der Waals surface area (Å²) in [5.41, 5.74) is 3.03. The fourth-order valence-corrected chi connectivity index (χ4v) is 3.02. The smallest absolute Gasteiger partial charge is 0.272 e. The summed E-state index contributed by atoms with van der Waals surface area (Å²) in [7, 11) is 3.39. The maximum absolute atomic E-state index is 12.4. The molecule has 6 nitrogen and oxygen atoms in total. The molecule has 1 aromatic carbocycles. The van der Waals surface area contributed by atoms with E-state index in [-0.39, 0.29) is 11.9 Å². The van der Waals surface area contributed by atoms with Crippen LogP contribution < -0.4 is 4.74 Å². The van der Waals surface area contributed by atoms with Crippen LogP contribution in [0.3, 0.4) is 0 Å². The summed E-state index contributed by atoms with van der Waals surface area (Å²) in [5, 5.41) is 7.22. The lowest BCUT2D eigenvalue weighted by atomic mass is 10.0. The van der Waals surface area contributed by atoms with Crippen molar-refractivity contribution >= 4 is 5.91 Å². The van der Waals surface area contributed by atoms with E-state index in [1.54, 1.807) is 25.3 Å². The minimum absolute atomic E-state index is 0.0892. The van der Waals surface area contributed by atoms with E-state index in [0.29, 0.717) is 5.69 Å². The van der Waals surface area contributed by atoms with Gasteiger partial charge in [0.25, 0.3) is 5.91 Å². The van der Waals surface area contributed by atoms with E-state index in [2.05, 4.69) is 10.2 Å². The molecular formula is C17H15N3O3. The topological polar surface area (TPSA) is 71.4 Å². The second-order valence-electron chi connectivity index (χ2n) is 5.42. The first-order chi connectivity index (χ1) is 11.2. The molecule has 6 heteroatoms. The molecule has 1 N–H and O–H groups in total. The predicted molar refractivity (Wildman–Crippen MR) is 83.2 cm³/mol. The number of aromatic nitrogens is 2. The number of carbonyl (C=O) groups is 1. The van der Waals surface area contributed by atoms with Crippen LogP contribution in [0.5, 0.6) is 5.75 Å². The molecule has 0 saturated carbocycles. The number of H-pyrrole nitrogens is 1. The van der Waals surface area contributed by atoms with Crippen molar-refractivity contribution in [1.29, 1.82) is 0 Å². The number of hydrogen-bond donors (Lipinski definition) is 1. The molecule has 0 unspecified atom stereocenters. The van der Waals surface area contributed by atoms with Gasteiger partial charge < -0.3 is 14.1 Å². The van der Waals surface area contributed by atoms with Crippen LogP contribution in [0, 0.1) is 0 Å². The van der Waals surface area contributed by atoms with Crippen molar-refractivity contribution < 1.29 is 13.9 Å². The van der Waals surface area contributed by atoms with Crippen LogP contribution in [0.25, 0.3) is 11.3 Å². The highest BCUT2D eigenvalue weighted by molar-refractivity contribution is 5.99. The van der Waals surface area contributed by atoms with Crippen molar-refractivity contribution in [3.8, 4) is 17.0 Å². The molecule has 0 spiro atoms. The first-order valence-corrected chi connectivity index (χ1v) is 7.24. The van der Waals surface area contributed by atoms with Gasteiger partial charge in [-0.3, -0.25) is 9.89 Å². The van der Waals surface area contributed by atoms with Crippen LogP contribution >= 0.6 is 0 Å². The van der Waals surface area contributed by atoms with E-state index in [1.807, 2.05) is 36.4 Å². The second-order valence-corrected chi connectivity index (χ2v) is 5.42. The average molecular weight is 309 g/mol. The molecule has 3 aromatic rings. The Bertz CT molecular complexity index is 850. The number of nitrogens with zero attached hydrogens (tertiary/aromatic N) is 2. The average Bonchev–Trinajstić information content (AvgIpc) is 3.28. The van der Waals surface area contributed by atoms with Crippen LogP contribution in [-0.2, 0) is 0 Å². The number of ether oxygens (including phenoxy) is 1. The van der Waals surface area contributed by atoms with E-state index in [1.165, 1.54) is 0 Å². The minimum atomic E-state index is -0.275. The van der Waals surface area contributed by atoms with Gasteiger partial charge in [-0.25, -0.2) is 0 Å². The van der Waals surface area contributed by atoms with Gasteiger partial charge in [0, 0.05) is 18.2 Å². The van der Waals surface area contributed by atoms with Gasteiger partial charge in [-0.05, 0) is 36.4 Å². The Morgan fingerprint density at radius 2 is 2.04 bits per heavy atom. The summed E-state index contributed by atoms with van der Waals surface area (Å²) in [6.45, 7) is 0. The number of furan rings is 1. The molecule has 0 fully saturated rings. The third kappa shape index (κ3) is 1.95. The van der Waals surface area contributed by atoms with Crippen molar-refractivity contribution in [1.82, 2.24) is 15.1 Å². The van der Waals surface area contributed by atoms with E-state index in [4.69, 9.17) is 9.15 Å². The molecule has 1 aliphatic rings. The van der Waals surface area contributed by atoms with E-state index >= 15 is 0 Å². The van der Waals surface area contributed by atoms with Crippen LogP contribution in [0.4, 0.5) is 0 Å². The zero-order valence-electron chi connectivity index (χ0n) is 12.7. The molecule has 2 aromatic heterocycles. The van der Waals surface area contributed by atoms with Gasteiger partial charge in [0.05, 0.1) is 19.1 Å². The van der Waals surface area contributed by atoms with E-state index < -0.39 is 0 Å². The molecule has 0 aliphatic carbocycles. The summed E-state index contributed by atoms with van der Waals surface area (Å²) in [6.07, 6.45) is 1.61. The lowest BCUT2D eigenvalue weighted by Gasteiger charge is -2.19. The van der Waals surface area contributed by atoms with Crippen molar-refractivity contribution in [3.05, 3.63) is 59.7 Å². The second kappa shape index (κ2) is 5.01. The molecule has 116 valence electrons. The molecule has 1 amide bonds. The van der Waals surface area contributed by atoms with Gasteiger partial charge in [-0.2, -0.15) is 5.10 Å². The minimum Gasteiger partial charge on any atom is -0.497 e. The Hall–Kier alpha value is -3.02. The standard InChI is InChI=1S/C17H15N3O3/c1-20-16(12-4-3-9-23-12)13-14(18-19-15(13)17(20)21)10-5-7-11(22-2)8-6-10/h3-9,16H,1-2H3,(H,18,19)/t16-/m0/s1. The van der Waals surface area contributed by atoms with Crippen molar-refractivity contribution in [2.75, 3.05) is 14.2 Å². The molecule has 0 saturated heterocycles. The van der Waals surface area contributed by atoms with Gasteiger partial charge in [-0.1, -0.05) is 0 Å². The summed E-state index contributed by atoms with van der Waals surface area (Å²) < 4.78 is 10.7. The van der Waals surface area contributed by atoms with Gasteiger partial charge >= 0.3 is 0 Å². The predicted octanol–water partition coefficient (Wildman–Crippen LogP) is 2.85. The van der Waals surface area contributed by atoms with E-state index in [9.17, 15) is 4.79 Å². The van der Waals surface area contributed by atoms with Crippen molar-refractivity contribution in [2.24, 2.45) is 0 Å². The highest BCUT2D eigenvalue weighted by Crippen LogP contribution is 2.42. The molecular weight excluding hydrogens is 294 g/mol. The zero-order valence-corrected chi connectivity index (χ0v) is 12.7. The normalized spacial score (nSPS) is 16.7. The van der Waals surface area contributed by atoms with Crippen molar-refractivity contribution in [2.45, 2.75) is 6.04 Å². The Labute approximate surface area is 132 Å². The van der Waals surface area contributed by atoms with Crippen LogP contribution in [0.15, 0.2) is 47.1 Å². The highest BCUT2D eigenvalue weighted by atomic mass is 16.5. The third-order valence-corrected chi connectivity index (χ3v) is 4.18. The maximum atomic E-state index is 12.4. The monoisotopic (exact) mass is 309 g/mol. The molecule has 1 aliphatic heterocycles. The maximum Gasteiger partial charge on any atom is 0.272 e. The first-order valence-electron chi connectivity index (χ1n) is 7.24. The fraction of sp³-hybridized carbons (Fsp3) is 0.176. The highest BCUT2D eigenvalue weighted by Gasteiger charge is 2.41. The molecule has 4 rings (SSSR count). The Morgan fingerprint density at radius 1 is 1.26 bits per heavy atom. The van der Waals surface area contributed by atoms with Gasteiger partial charge in [0.15, 0.2) is 0 Å². The first kappa shape index (κ1) is 13.6. The van der Waals surface area contributed by atoms with Gasteiger partial charge in [0.1, 0.15) is 23.2 Å². The number of fused-ring (bicyclic) bond motifs is 1. The Kier molecular flexibility index (Phi) is 2.97. The molecule has 23 heavy (non-hydrogen) atoms. The number of benzene rings is 1. The quantitative estimate of drug-likeness (QED) is 0.807. The van der Waals surface area contributed by atoms with Crippen LogP contribution in [-0.4, -0.2) is 35.2 Å². The Morgan fingerprint density at radius 3 is 2.70 bits per heavy atom. The summed E-state index contributed by atoms with van der Waals surface area (Å²) >= 11 is 0. The number of aromatic amines is 1. The number of nitrogens with one attached hydrogen (secondary N) is 1. The number of rotatable bonds is 3. The fourth-order valence-electron chi connectivity index (χ4n) is 3.02. The van der Waals surface area contributed by atoms with E-state index in [0.717, 1.165) is 28.3 Å². The lowest BCUT2D eigenvalue weighted by Crippen LogP contribution is -2.24. The summed E-state index contributed by atoms with van der Waals surface area (Å²) in [4.78, 5) is 14.1. The summed E-state index contributed by atoms with van der Waals surface area (Å²) in [5.74, 6) is 1.40. The van der Waals surface area contributed by atoms with Gasteiger partial charge in [0.2, 0.25) is 0 Å². The SMILES string of the molecule is COc1ccc(-c2n[nH]c3c2[C@H](c2ccco2)N(C)C3=O)cc1. The Balaban J connectivity index is 1.86. The third-order valence-electron chi connectivity index (χ3n) is 4.18. The largest absolute Gasteiger partial charge is 0.497 e. The molecule has 1 atom stereocenters. The number of methoxy groups -OCH3 is 1. The number of amides is 1.